The van der Waals surface area contributed by atoms with Crippen LogP contribution in [0.4, 0.5) is 15.2 Å². The Bertz CT molecular complexity index is 484. The summed E-state index contributed by atoms with van der Waals surface area (Å²) < 4.78 is 13.2. The van der Waals surface area contributed by atoms with Crippen LogP contribution in [0.3, 0.4) is 0 Å². The molecule has 1 N–H and O–H groups in total. The fraction of sp³-hybridized carbons (Fsp3) is 0.100. The molecule has 1 aromatic heterocycles. The SMILES string of the molecule is Cc1ccc(Nc2nc(Cl)cs2)cc1F. The van der Waals surface area contributed by atoms with E-state index in [-0.39, 0.29) is 5.82 Å². The number of nitrogens with one attached hydrogen (secondary N) is 1. The highest BCUT2D eigenvalue weighted by Crippen LogP contribution is 2.24. The summed E-state index contributed by atoms with van der Waals surface area (Å²) in [6, 6.07) is 4.95. The van der Waals surface area contributed by atoms with Crippen LogP contribution in [0.1, 0.15) is 5.56 Å². The van der Waals surface area contributed by atoms with E-state index in [1.54, 1.807) is 24.4 Å². The maximum absolute atomic E-state index is 13.2. The first kappa shape index (κ1) is 10.4. The molecule has 0 saturated carbocycles. The molecule has 5 heteroatoms. The van der Waals surface area contributed by atoms with Gasteiger partial charge in [-0.05, 0) is 24.6 Å². The number of thiazole rings is 1. The maximum Gasteiger partial charge on any atom is 0.188 e. The van der Waals surface area contributed by atoms with Crippen LogP contribution in [0.2, 0.25) is 5.15 Å². The molecule has 0 radical (unpaired) electrons. The van der Waals surface area contributed by atoms with Gasteiger partial charge in [-0.3, -0.25) is 0 Å². The van der Waals surface area contributed by atoms with Crippen LogP contribution in [0.5, 0.6) is 0 Å². The Balaban J connectivity index is 2.21. The smallest absolute Gasteiger partial charge is 0.188 e. The topological polar surface area (TPSA) is 24.9 Å². The summed E-state index contributed by atoms with van der Waals surface area (Å²) in [5, 5.41) is 5.79. The maximum atomic E-state index is 13.2. The first-order valence-corrected chi connectivity index (χ1v) is 5.55. The average molecular weight is 243 g/mol. The Morgan fingerprint density at radius 3 is 2.87 bits per heavy atom. The molecule has 0 spiro atoms. The molecule has 1 aromatic carbocycles. The van der Waals surface area contributed by atoms with Gasteiger partial charge in [0.25, 0.3) is 0 Å². The van der Waals surface area contributed by atoms with E-state index in [4.69, 9.17) is 11.6 Å². The number of benzene rings is 1. The van der Waals surface area contributed by atoms with Crippen molar-refractivity contribution in [3.8, 4) is 0 Å². The Labute approximate surface area is 95.7 Å². The van der Waals surface area contributed by atoms with Gasteiger partial charge in [-0.1, -0.05) is 17.7 Å². The van der Waals surface area contributed by atoms with Crippen molar-refractivity contribution in [3.63, 3.8) is 0 Å². The van der Waals surface area contributed by atoms with Crippen LogP contribution in [0, 0.1) is 12.7 Å². The lowest BCUT2D eigenvalue weighted by Crippen LogP contribution is -1.91. The average Bonchev–Trinajstić information content (AvgIpc) is 2.58. The number of nitrogens with zero attached hydrogens (tertiary/aromatic N) is 1. The number of aromatic nitrogens is 1. The first-order valence-electron chi connectivity index (χ1n) is 4.29. The van der Waals surface area contributed by atoms with Crippen molar-refractivity contribution in [1.29, 1.82) is 0 Å². The molecule has 0 unspecified atom stereocenters. The monoisotopic (exact) mass is 242 g/mol. The molecule has 2 nitrogen and oxygen atoms in total. The van der Waals surface area contributed by atoms with Gasteiger partial charge in [-0.25, -0.2) is 9.37 Å². The zero-order chi connectivity index (χ0) is 10.8. The van der Waals surface area contributed by atoms with E-state index in [0.717, 1.165) is 0 Å². The number of rotatable bonds is 2. The minimum Gasteiger partial charge on any atom is -0.331 e. The summed E-state index contributed by atoms with van der Waals surface area (Å²) >= 11 is 7.05. The summed E-state index contributed by atoms with van der Waals surface area (Å²) in [5.74, 6) is -0.234. The highest BCUT2D eigenvalue weighted by atomic mass is 35.5. The second-order valence-corrected chi connectivity index (χ2v) is 4.31. The standard InChI is InChI=1S/C10H8ClFN2S/c1-6-2-3-7(4-8(6)12)13-10-14-9(11)5-15-10/h2-5H,1H3,(H,13,14). The first-order chi connectivity index (χ1) is 7.15. The zero-order valence-electron chi connectivity index (χ0n) is 7.92. The minimum absolute atomic E-state index is 0.234. The third-order valence-electron chi connectivity index (χ3n) is 1.90. The largest absolute Gasteiger partial charge is 0.331 e. The van der Waals surface area contributed by atoms with Crippen LogP contribution >= 0.6 is 22.9 Å². The molecule has 15 heavy (non-hydrogen) atoms. The highest BCUT2D eigenvalue weighted by Gasteiger charge is 2.02. The third-order valence-corrected chi connectivity index (χ3v) is 2.98. The summed E-state index contributed by atoms with van der Waals surface area (Å²) in [6.07, 6.45) is 0. The van der Waals surface area contributed by atoms with E-state index < -0.39 is 0 Å². The van der Waals surface area contributed by atoms with Crippen molar-refractivity contribution in [1.82, 2.24) is 4.98 Å². The molecule has 0 atom stereocenters. The van der Waals surface area contributed by atoms with E-state index >= 15 is 0 Å². The molecule has 0 aliphatic rings. The lowest BCUT2D eigenvalue weighted by atomic mass is 10.2. The summed E-state index contributed by atoms with van der Waals surface area (Å²) in [7, 11) is 0. The molecular weight excluding hydrogens is 235 g/mol. The Hall–Kier alpha value is -1.13. The number of halogens is 2. The molecule has 78 valence electrons. The summed E-state index contributed by atoms with van der Waals surface area (Å²) in [6.45, 7) is 1.72. The molecule has 0 saturated heterocycles. The van der Waals surface area contributed by atoms with Crippen LogP contribution in [0.25, 0.3) is 0 Å². The fourth-order valence-electron chi connectivity index (χ4n) is 1.11. The van der Waals surface area contributed by atoms with Crippen molar-refractivity contribution < 1.29 is 4.39 Å². The van der Waals surface area contributed by atoms with E-state index in [1.807, 2.05) is 0 Å². The van der Waals surface area contributed by atoms with Gasteiger partial charge in [-0.2, -0.15) is 0 Å². The molecule has 0 aliphatic carbocycles. The summed E-state index contributed by atoms with van der Waals surface area (Å²) in [5.41, 5.74) is 1.29. The van der Waals surface area contributed by atoms with Gasteiger partial charge in [-0.15, -0.1) is 11.3 Å². The third kappa shape index (κ3) is 2.46. The Kier molecular flexibility index (Phi) is 2.88. The van der Waals surface area contributed by atoms with Crippen molar-refractivity contribution >= 4 is 33.8 Å². The molecule has 0 aliphatic heterocycles. The van der Waals surface area contributed by atoms with Gasteiger partial charge >= 0.3 is 0 Å². The number of hydrogen-bond donors (Lipinski definition) is 1. The van der Waals surface area contributed by atoms with E-state index in [1.165, 1.54) is 17.4 Å². The lowest BCUT2D eigenvalue weighted by Gasteiger charge is -2.03. The normalized spacial score (nSPS) is 10.3. The van der Waals surface area contributed by atoms with Crippen LogP contribution in [-0.4, -0.2) is 4.98 Å². The molecule has 2 aromatic rings. The molecule has 2 rings (SSSR count). The molecule has 0 bridgehead atoms. The molecule has 0 amide bonds. The van der Waals surface area contributed by atoms with Gasteiger partial charge in [0.05, 0.1) is 0 Å². The Morgan fingerprint density at radius 2 is 2.27 bits per heavy atom. The second kappa shape index (κ2) is 4.16. The van der Waals surface area contributed by atoms with Gasteiger partial charge in [0.2, 0.25) is 0 Å². The predicted octanol–water partition coefficient (Wildman–Crippen LogP) is 3.99. The molecule has 1 heterocycles. The predicted molar refractivity (Wildman–Crippen MR) is 61.5 cm³/mol. The number of anilines is 2. The van der Waals surface area contributed by atoms with Crippen LogP contribution < -0.4 is 5.32 Å². The van der Waals surface area contributed by atoms with E-state index in [0.29, 0.717) is 21.5 Å². The quantitative estimate of drug-likeness (QED) is 0.861. The van der Waals surface area contributed by atoms with Crippen LogP contribution in [-0.2, 0) is 0 Å². The van der Waals surface area contributed by atoms with Gasteiger partial charge in [0.15, 0.2) is 5.13 Å². The van der Waals surface area contributed by atoms with Crippen LogP contribution in [0.15, 0.2) is 23.6 Å². The fourth-order valence-corrected chi connectivity index (χ4v) is 1.96. The number of aryl methyl sites for hydroxylation is 1. The number of hydrogen-bond acceptors (Lipinski definition) is 3. The van der Waals surface area contributed by atoms with Crippen molar-refractivity contribution in [2.45, 2.75) is 6.92 Å². The van der Waals surface area contributed by atoms with Crippen molar-refractivity contribution in [2.75, 3.05) is 5.32 Å². The van der Waals surface area contributed by atoms with Crippen molar-refractivity contribution in [3.05, 3.63) is 40.1 Å². The molecular formula is C10H8ClFN2S. The van der Waals surface area contributed by atoms with E-state index in [9.17, 15) is 4.39 Å². The van der Waals surface area contributed by atoms with Gasteiger partial charge in [0.1, 0.15) is 11.0 Å². The molecule has 0 fully saturated rings. The minimum atomic E-state index is -0.234. The highest BCUT2D eigenvalue weighted by molar-refractivity contribution is 7.14. The second-order valence-electron chi connectivity index (χ2n) is 3.06. The van der Waals surface area contributed by atoms with Gasteiger partial charge < -0.3 is 5.32 Å². The van der Waals surface area contributed by atoms with E-state index in [2.05, 4.69) is 10.3 Å². The zero-order valence-corrected chi connectivity index (χ0v) is 9.49. The van der Waals surface area contributed by atoms with Crippen molar-refractivity contribution in [2.24, 2.45) is 0 Å². The Morgan fingerprint density at radius 1 is 1.47 bits per heavy atom. The summed E-state index contributed by atoms with van der Waals surface area (Å²) in [4.78, 5) is 4.01. The lowest BCUT2D eigenvalue weighted by molar-refractivity contribution is 0.619. The van der Waals surface area contributed by atoms with Gasteiger partial charge in [0, 0.05) is 11.1 Å².